The Morgan fingerprint density at radius 3 is 1.08 bits per heavy atom. The van der Waals surface area contributed by atoms with Crippen molar-refractivity contribution in [1.82, 2.24) is 59.9 Å². The van der Waals surface area contributed by atoms with Crippen LogP contribution in [0.2, 0.25) is 10.0 Å². The number of nitrogens with zero attached hydrogens (tertiary/aromatic N) is 14. The van der Waals surface area contributed by atoms with E-state index < -0.39 is 39.9 Å². The second-order valence-corrected chi connectivity index (χ2v) is 19.5. The summed E-state index contributed by atoms with van der Waals surface area (Å²) in [4.78, 5) is 75.2. The van der Waals surface area contributed by atoms with Crippen molar-refractivity contribution in [2.24, 2.45) is 52.4 Å². The zero-order valence-corrected chi connectivity index (χ0v) is 48.8. The van der Waals surface area contributed by atoms with Crippen molar-refractivity contribution in [3.05, 3.63) is 258 Å². The molecule has 0 saturated heterocycles. The maximum Gasteiger partial charge on any atom is 0.341 e. The smallest absolute Gasteiger partial charge is 0.341 e. The van der Waals surface area contributed by atoms with E-state index in [-0.39, 0.29) is 45.2 Å². The first-order chi connectivity index (χ1) is 44.4. The second-order valence-electron chi connectivity index (χ2n) is 18.2. The monoisotopic (exact) mass is 1300 g/mol. The summed E-state index contributed by atoms with van der Waals surface area (Å²) in [5.41, 5.74) is 13.9. The van der Waals surface area contributed by atoms with Crippen LogP contribution in [0.3, 0.4) is 0 Å². The molecule has 0 saturated carbocycles. The van der Waals surface area contributed by atoms with Gasteiger partial charge in [-0.05, 0) is 146 Å². The van der Waals surface area contributed by atoms with Gasteiger partial charge in [-0.25, -0.2) is 22.4 Å². The van der Waals surface area contributed by atoms with Gasteiger partial charge in [0.2, 0.25) is 0 Å². The number of rotatable bonds is 12. The van der Waals surface area contributed by atoms with Gasteiger partial charge in [0.05, 0.1) is 57.6 Å². The predicted molar refractivity (Wildman–Crippen MR) is 335 cm³/mol. The summed E-state index contributed by atoms with van der Waals surface area (Å²) in [5.74, 6) is -1.56. The third-order valence-corrected chi connectivity index (χ3v) is 12.5. The number of nitrogens with one attached hydrogen (secondary N) is 6. The van der Waals surface area contributed by atoms with Gasteiger partial charge in [-0.1, -0.05) is 23.2 Å². The highest BCUT2D eigenvalue weighted by atomic mass is 35.5. The Kier molecular flexibility index (Phi) is 20.9. The fraction of sp³-hybridized carbons (Fsp3) is 0. The number of primary amides is 1. The number of thiocarbonyl (C=S) groups is 1. The number of hydrogen-bond donors (Lipinski definition) is 8. The van der Waals surface area contributed by atoms with Crippen LogP contribution in [0, 0.1) is 23.3 Å². The van der Waals surface area contributed by atoms with Crippen LogP contribution in [-0.2, 0) is 0 Å². The zero-order chi connectivity index (χ0) is 65.3. The third-order valence-electron chi connectivity index (χ3n) is 11.9. The van der Waals surface area contributed by atoms with Crippen LogP contribution in [-0.4, -0.2) is 71.0 Å². The van der Waals surface area contributed by atoms with E-state index in [1.165, 1.54) is 128 Å². The maximum absolute atomic E-state index is 13.1. The van der Waals surface area contributed by atoms with Crippen LogP contribution in [0.25, 0.3) is 45.0 Å². The summed E-state index contributed by atoms with van der Waals surface area (Å²) in [6, 6.07) is 31.0. The van der Waals surface area contributed by atoms with Gasteiger partial charge < -0.3 is 11.5 Å². The van der Waals surface area contributed by atoms with Crippen molar-refractivity contribution in [3.63, 3.8) is 0 Å². The highest BCUT2D eigenvalue weighted by Gasteiger charge is 2.20. The van der Waals surface area contributed by atoms with Crippen molar-refractivity contribution in [3.8, 4) is 45.0 Å². The molecule has 8 heterocycles. The molecule has 12 aromatic rings. The van der Waals surface area contributed by atoms with E-state index in [0.717, 1.165) is 4.68 Å². The van der Waals surface area contributed by atoms with E-state index in [0.29, 0.717) is 76.8 Å². The maximum atomic E-state index is 13.1. The standard InChI is InChI=1S/C15H10ClFN6OS.C15H11FN6O2.C14H9ClFN5O.C14H10FN5O/c16-9-5-11(7-19-6-9)20-21-13-12(8-1-3-10(17)4-2-8)22-23(14(13)24)15(18)25;16-10-5-3-9(4-6-10)12-13(14(23)22(21-12)15(17)24)20-19-11-2-1-7-18-8-11;15-9-5-11(7-17-6-9)18-20-13-12(19-21-14(13)22)8-1-3-10(16)4-2-8;15-10-5-3-9(4-6-10)12-13(14(21)20-18-12)19-17-11-2-1-7-16-8-11/h1-7,22H,(H2,18,25);1-8,21H,(H2,17,24);1-7H,(H2,19,21,22);1-8H,(H2,18,20,21). The summed E-state index contributed by atoms with van der Waals surface area (Å²) in [6.45, 7) is 0. The largest absolute Gasteiger partial charge is 0.374 e. The summed E-state index contributed by atoms with van der Waals surface area (Å²) in [7, 11) is 0. The van der Waals surface area contributed by atoms with Crippen molar-refractivity contribution < 1.29 is 22.4 Å². The summed E-state index contributed by atoms with van der Waals surface area (Å²) >= 11 is 16.5. The molecule has 10 N–H and O–H groups in total. The molecule has 12 rings (SSSR count). The minimum Gasteiger partial charge on any atom is -0.374 e. The molecule has 0 unspecified atom stereocenters. The normalized spacial score (nSPS) is 11.1. The number of carbonyl (C=O) groups is 1. The molecule has 0 bridgehead atoms. The summed E-state index contributed by atoms with van der Waals surface area (Å²) in [6.07, 6.45) is 12.0. The Hall–Kier alpha value is -12.4. The van der Waals surface area contributed by atoms with Gasteiger partial charge in [0.15, 0.2) is 27.9 Å². The Morgan fingerprint density at radius 1 is 0.413 bits per heavy atom. The highest BCUT2D eigenvalue weighted by Crippen LogP contribution is 2.31. The van der Waals surface area contributed by atoms with Gasteiger partial charge >= 0.3 is 17.1 Å². The minimum absolute atomic E-state index is 0.0283. The molecular formula is C58H40Cl2F4N22O5S. The molecule has 92 heavy (non-hydrogen) atoms. The molecule has 4 aromatic carbocycles. The molecule has 0 atom stereocenters. The lowest BCUT2D eigenvalue weighted by atomic mass is 10.1. The molecule has 1 amide bonds. The first-order valence-electron chi connectivity index (χ1n) is 26.0. The predicted octanol–water partition coefficient (Wildman–Crippen LogP) is 13.6. The van der Waals surface area contributed by atoms with E-state index in [1.807, 2.05) is 0 Å². The first kappa shape index (κ1) is 64.1. The molecule has 0 radical (unpaired) electrons. The number of azo groups is 4. The number of amides is 1. The number of pyridine rings is 4. The van der Waals surface area contributed by atoms with E-state index in [2.05, 4.69) is 91.4 Å². The van der Waals surface area contributed by atoms with Gasteiger partial charge in [-0.15, -0.1) is 40.9 Å². The fourth-order valence-corrected chi connectivity index (χ4v) is 8.16. The number of aromatic amines is 6. The van der Waals surface area contributed by atoms with Crippen molar-refractivity contribution in [2.75, 3.05) is 0 Å². The number of carbonyl (C=O) groups excluding carboxylic acids is 1. The van der Waals surface area contributed by atoms with Crippen LogP contribution in [0.1, 0.15) is 0 Å². The van der Waals surface area contributed by atoms with Crippen LogP contribution in [0.15, 0.2) is 243 Å². The van der Waals surface area contributed by atoms with E-state index in [4.69, 9.17) is 46.9 Å². The Bertz CT molecular complexity index is 4940. The third kappa shape index (κ3) is 16.6. The molecule has 27 nitrogen and oxygen atoms in total. The number of H-pyrrole nitrogens is 6. The Labute approximate surface area is 527 Å². The molecule has 0 fully saturated rings. The van der Waals surface area contributed by atoms with Crippen molar-refractivity contribution >= 4 is 92.1 Å². The van der Waals surface area contributed by atoms with Crippen molar-refractivity contribution in [1.29, 1.82) is 0 Å². The van der Waals surface area contributed by atoms with Crippen LogP contribution >= 0.6 is 35.4 Å². The average Bonchev–Trinajstić information content (AvgIpc) is 1.69. The van der Waals surface area contributed by atoms with Gasteiger partial charge in [-0.3, -0.25) is 69.7 Å². The van der Waals surface area contributed by atoms with E-state index in [1.54, 1.807) is 54.9 Å². The Balaban J connectivity index is 0.000000145. The number of nitrogens with two attached hydrogens (primary N) is 2. The lowest BCUT2D eigenvalue weighted by Gasteiger charge is -1.99. The lowest BCUT2D eigenvalue weighted by Crippen LogP contribution is -2.29. The molecule has 0 spiro atoms. The molecule has 0 aliphatic rings. The SMILES string of the molecule is NC(=O)n1[nH]c(-c2ccc(F)cc2)c(N=Nc2cccnc2)c1=O.NC(=S)n1[nH]c(-c2ccc(F)cc2)c(N=Nc2cncc(Cl)c2)c1=O.O=c1[nH][nH]c(-c2ccc(F)cc2)c1N=Nc1cccnc1.O=c1[nH][nH]c(-c2ccc(F)cc2)c1N=Nc1cncc(Cl)c1. The molecule has 460 valence electrons. The Morgan fingerprint density at radius 2 is 0.739 bits per heavy atom. The number of halogens is 6. The van der Waals surface area contributed by atoms with Crippen LogP contribution in [0.4, 0.5) is 67.9 Å². The number of hydrogen-bond acceptors (Lipinski definition) is 18. The van der Waals surface area contributed by atoms with Gasteiger partial charge in [0.25, 0.3) is 11.1 Å². The van der Waals surface area contributed by atoms with Crippen molar-refractivity contribution in [2.45, 2.75) is 0 Å². The fourth-order valence-electron chi connectivity index (χ4n) is 7.70. The molecule has 34 heteroatoms. The number of aromatic nitrogens is 12. The first-order valence-corrected chi connectivity index (χ1v) is 27.2. The van der Waals surface area contributed by atoms with Crippen LogP contribution in [0.5, 0.6) is 0 Å². The molecule has 8 aromatic heterocycles. The number of benzene rings is 4. The van der Waals surface area contributed by atoms with Gasteiger partial charge in [-0.2, -0.15) is 9.36 Å². The van der Waals surface area contributed by atoms with Crippen LogP contribution < -0.4 is 33.7 Å². The average molecular weight is 1300 g/mol. The topological polar surface area (TPSA) is 392 Å². The molecule has 0 aliphatic carbocycles. The van der Waals surface area contributed by atoms with E-state index >= 15 is 0 Å². The summed E-state index contributed by atoms with van der Waals surface area (Å²) < 4.78 is 53.7. The van der Waals surface area contributed by atoms with Gasteiger partial charge in [0, 0.05) is 47.0 Å². The van der Waals surface area contributed by atoms with E-state index in [9.17, 15) is 41.5 Å². The zero-order valence-electron chi connectivity index (χ0n) is 46.5. The lowest BCUT2D eigenvalue weighted by molar-refractivity contribution is 0.247. The quantitative estimate of drug-likeness (QED) is 0.0323. The molecular weight excluding hydrogens is 1260 g/mol. The minimum atomic E-state index is -0.994. The summed E-state index contributed by atoms with van der Waals surface area (Å²) in [5, 5.41) is 47.7. The highest BCUT2D eigenvalue weighted by molar-refractivity contribution is 7.80. The molecule has 0 aliphatic heterocycles. The second kappa shape index (κ2) is 30.0. The van der Waals surface area contributed by atoms with Gasteiger partial charge in [0.1, 0.15) is 46.0 Å².